The molecule has 208 valence electrons. The van der Waals surface area contributed by atoms with Crippen molar-refractivity contribution in [1.29, 1.82) is 0 Å². The first kappa shape index (κ1) is 29.9. The van der Waals surface area contributed by atoms with Gasteiger partial charge >= 0.3 is 6.09 Å². The van der Waals surface area contributed by atoms with Crippen LogP contribution in [-0.4, -0.2) is 54.3 Å². The summed E-state index contributed by atoms with van der Waals surface area (Å²) in [6, 6.07) is 18.9. The van der Waals surface area contributed by atoms with Gasteiger partial charge in [0.2, 0.25) is 9.84 Å². The highest BCUT2D eigenvalue weighted by atomic mass is 35.5. The third kappa shape index (κ3) is 8.19. The molecule has 0 saturated carbocycles. The molecule has 1 atom stereocenters. The Kier molecular flexibility index (Phi) is 9.60. The minimum absolute atomic E-state index is 0.00505. The van der Waals surface area contributed by atoms with E-state index >= 15 is 0 Å². The second-order valence-corrected chi connectivity index (χ2v) is 12.3. The van der Waals surface area contributed by atoms with Crippen molar-refractivity contribution < 1.29 is 28.3 Å². The minimum Gasteiger partial charge on any atom is -0.444 e. The number of carbonyl (C=O) groups excluding carboxylic acids is 1. The number of benzene rings is 3. The van der Waals surface area contributed by atoms with Gasteiger partial charge in [-0.2, -0.15) is 0 Å². The van der Waals surface area contributed by atoms with Crippen molar-refractivity contribution in [3.8, 4) is 0 Å². The van der Waals surface area contributed by atoms with Crippen LogP contribution in [-0.2, 0) is 21.0 Å². The van der Waals surface area contributed by atoms with Crippen LogP contribution in [0.5, 0.6) is 0 Å². The number of rotatable bonds is 9. The maximum Gasteiger partial charge on any atom is 0.410 e. The van der Waals surface area contributed by atoms with Gasteiger partial charge in [-0.05, 0) is 74.7 Å². The number of amidine groups is 1. The van der Waals surface area contributed by atoms with E-state index in [0.29, 0.717) is 17.0 Å². The van der Waals surface area contributed by atoms with Gasteiger partial charge in [-0.25, -0.2) is 13.2 Å². The van der Waals surface area contributed by atoms with Crippen LogP contribution < -0.4 is 5.73 Å². The molecule has 0 spiro atoms. The van der Waals surface area contributed by atoms with Gasteiger partial charge in [-0.1, -0.05) is 53.2 Å². The summed E-state index contributed by atoms with van der Waals surface area (Å²) in [6.45, 7) is 5.49. The first-order chi connectivity index (χ1) is 18.3. The molecule has 0 unspecified atom stereocenters. The van der Waals surface area contributed by atoms with Crippen molar-refractivity contribution in [3.05, 3.63) is 94.5 Å². The largest absolute Gasteiger partial charge is 0.444 e. The van der Waals surface area contributed by atoms with Crippen molar-refractivity contribution in [2.45, 2.75) is 48.7 Å². The standard InChI is InChI=1S/C28H32ClN3O6S/c1-28(2,3)38-27(34)32(18-25(33)20-6-4-8-22(29)16-20)15-14-19-10-12-23(13-11-19)39(36,37)24-9-5-7-21(17-24)26(30)31-35/h4-13,16-17,25,33,35H,14-15,18H2,1-3H3,(H2,30,31)/t25-/m0/s1. The van der Waals surface area contributed by atoms with E-state index in [1.807, 2.05) is 0 Å². The molecular formula is C28H32ClN3O6S. The minimum atomic E-state index is -3.86. The Morgan fingerprint density at radius 1 is 1.05 bits per heavy atom. The van der Waals surface area contributed by atoms with Crippen LogP contribution in [0.15, 0.2) is 87.7 Å². The number of halogens is 1. The van der Waals surface area contributed by atoms with Crippen molar-refractivity contribution in [2.75, 3.05) is 13.1 Å². The first-order valence-corrected chi connectivity index (χ1v) is 14.0. The van der Waals surface area contributed by atoms with Gasteiger partial charge in [0.15, 0.2) is 5.84 Å². The maximum atomic E-state index is 13.1. The van der Waals surface area contributed by atoms with Crippen LogP contribution in [0.3, 0.4) is 0 Å². The molecule has 4 N–H and O–H groups in total. The predicted octanol–water partition coefficient (Wildman–Crippen LogP) is 4.78. The van der Waals surface area contributed by atoms with Crippen LogP contribution in [0.25, 0.3) is 0 Å². The fourth-order valence-corrected chi connectivity index (χ4v) is 5.23. The monoisotopic (exact) mass is 573 g/mol. The zero-order valence-electron chi connectivity index (χ0n) is 21.9. The molecule has 0 aliphatic heterocycles. The number of aliphatic hydroxyl groups is 1. The number of oxime groups is 1. The molecule has 9 nitrogen and oxygen atoms in total. The average Bonchev–Trinajstić information content (AvgIpc) is 2.89. The fourth-order valence-electron chi connectivity index (χ4n) is 3.73. The zero-order chi connectivity index (χ0) is 28.8. The number of ether oxygens (including phenoxy) is 1. The molecule has 0 heterocycles. The molecule has 0 aromatic heterocycles. The molecule has 0 fully saturated rings. The summed E-state index contributed by atoms with van der Waals surface area (Å²) in [6.07, 6.45) is -1.17. The normalized spacial score (nSPS) is 13.1. The summed E-state index contributed by atoms with van der Waals surface area (Å²) in [5, 5.41) is 23.0. The smallest absolute Gasteiger partial charge is 0.410 e. The number of nitrogens with two attached hydrogens (primary N) is 1. The molecule has 3 aromatic rings. The van der Waals surface area contributed by atoms with Crippen LogP contribution in [0, 0.1) is 0 Å². The van der Waals surface area contributed by atoms with Crippen LogP contribution in [0.4, 0.5) is 4.79 Å². The predicted molar refractivity (Wildman–Crippen MR) is 149 cm³/mol. The molecule has 0 bridgehead atoms. The van der Waals surface area contributed by atoms with Gasteiger partial charge in [0.05, 0.1) is 22.4 Å². The topological polar surface area (TPSA) is 143 Å². The highest BCUT2D eigenvalue weighted by Crippen LogP contribution is 2.23. The van der Waals surface area contributed by atoms with E-state index in [-0.39, 0.29) is 34.3 Å². The van der Waals surface area contributed by atoms with Gasteiger partial charge in [-0.15, -0.1) is 0 Å². The lowest BCUT2D eigenvalue weighted by atomic mass is 10.1. The number of hydrogen-bond donors (Lipinski definition) is 3. The second kappa shape index (κ2) is 12.5. The first-order valence-electron chi connectivity index (χ1n) is 12.1. The van der Waals surface area contributed by atoms with Gasteiger partial charge in [0, 0.05) is 17.1 Å². The Hall–Kier alpha value is -3.60. The molecular weight excluding hydrogens is 542 g/mol. The molecule has 0 saturated heterocycles. The molecule has 3 aromatic carbocycles. The molecule has 0 aliphatic rings. The molecule has 3 rings (SSSR count). The van der Waals surface area contributed by atoms with Crippen molar-refractivity contribution in [1.82, 2.24) is 4.90 Å². The van der Waals surface area contributed by atoms with E-state index < -0.39 is 27.6 Å². The highest BCUT2D eigenvalue weighted by molar-refractivity contribution is 7.91. The Balaban J connectivity index is 1.76. The maximum absolute atomic E-state index is 13.1. The van der Waals surface area contributed by atoms with E-state index in [2.05, 4.69) is 5.16 Å². The number of carbonyl (C=O) groups is 1. The molecule has 1 amide bonds. The van der Waals surface area contributed by atoms with Crippen LogP contribution >= 0.6 is 11.6 Å². The van der Waals surface area contributed by atoms with E-state index in [0.717, 1.165) is 5.56 Å². The molecule has 39 heavy (non-hydrogen) atoms. The lowest BCUT2D eigenvalue weighted by molar-refractivity contribution is 0.0147. The highest BCUT2D eigenvalue weighted by Gasteiger charge is 2.25. The SMILES string of the molecule is CC(C)(C)OC(=O)N(CCc1ccc(S(=O)(=O)c2cccc(C(N)=NO)c2)cc1)C[C@H](O)c1cccc(Cl)c1. The lowest BCUT2D eigenvalue weighted by Gasteiger charge is -2.29. The van der Waals surface area contributed by atoms with Crippen molar-refractivity contribution in [2.24, 2.45) is 10.9 Å². The number of nitrogens with zero attached hydrogens (tertiary/aromatic N) is 2. The quantitative estimate of drug-likeness (QED) is 0.145. The Bertz CT molecular complexity index is 1440. The van der Waals surface area contributed by atoms with Gasteiger partial charge in [-0.3, -0.25) is 0 Å². The summed E-state index contributed by atoms with van der Waals surface area (Å²) < 4.78 is 31.8. The Morgan fingerprint density at radius 3 is 2.33 bits per heavy atom. The molecule has 11 heteroatoms. The van der Waals surface area contributed by atoms with Gasteiger partial charge < -0.3 is 25.7 Å². The Labute approximate surface area is 233 Å². The van der Waals surface area contributed by atoms with Gasteiger partial charge in [0.1, 0.15) is 5.60 Å². The van der Waals surface area contributed by atoms with E-state index in [1.54, 1.807) is 57.2 Å². The van der Waals surface area contributed by atoms with E-state index in [9.17, 15) is 18.3 Å². The van der Waals surface area contributed by atoms with Crippen LogP contribution in [0.2, 0.25) is 5.02 Å². The summed E-state index contributed by atoms with van der Waals surface area (Å²) in [5.41, 5.74) is 6.50. The molecule has 0 aliphatic carbocycles. The van der Waals surface area contributed by atoms with Crippen LogP contribution in [0.1, 0.15) is 43.6 Å². The van der Waals surface area contributed by atoms with Crippen molar-refractivity contribution in [3.63, 3.8) is 0 Å². The zero-order valence-corrected chi connectivity index (χ0v) is 23.5. The number of amides is 1. The number of aliphatic hydroxyl groups excluding tert-OH is 1. The average molecular weight is 574 g/mol. The summed E-state index contributed by atoms with van der Waals surface area (Å²) in [7, 11) is -3.86. The van der Waals surface area contributed by atoms with Crippen molar-refractivity contribution >= 4 is 33.4 Å². The van der Waals surface area contributed by atoms with Gasteiger partial charge in [0.25, 0.3) is 0 Å². The summed E-state index contributed by atoms with van der Waals surface area (Å²) >= 11 is 6.05. The fraction of sp³-hybridized carbons (Fsp3) is 0.286. The Morgan fingerprint density at radius 2 is 1.72 bits per heavy atom. The summed E-state index contributed by atoms with van der Waals surface area (Å²) in [5.74, 6) is -0.197. The lowest BCUT2D eigenvalue weighted by Crippen LogP contribution is -2.40. The number of hydrogen-bond acceptors (Lipinski definition) is 7. The second-order valence-electron chi connectivity index (χ2n) is 9.91. The van der Waals surface area contributed by atoms with E-state index in [4.69, 9.17) is 27.3 Å². The van der Waals surface area contributed by atoms with E-state index in [1.165, 1.54) is 41.3 Å². The summed E-state index contributed by atoms with van der Waals surface area (Å²) in [4.78, 5) is 14.4. The number of sulfone groups is 1. The molecule has 0 radical (unpaired) electrons. The third-order valence-corrected chi connectivity index (χ3v) is 7.73. The third-order valence-electron chi connectivity index (χ3n) is 5.73.